The van der Waals surface area contributed by atoms with Gasteiger partial charge in [0.15, 0.2) is 0 Å². The number of thiophene rings is 2. The number of esters is 1. The van der Waals surface area contributed by atoms with Crippen LogP contribution < -0.4 is 10.9 Å². The predicted molar refractivity (Wildman–Crippen MR) is 137 cm³/mol. The number of halogens is 1. The first-order chi connectivity index (χ1) is 16.2. The molecule has 34 heavy (non-hydrogen) atoms. The lowest BCUT2D eigenvalue weighted by atomic mass is 10.0. The maximum atomic E-state index is 13.4. The molecule has 7 nitrogen and oxygen atoms in total. The summed E-state index contributed by atoms with van der Waals surface area (Å²) in [6.45, 7) is 7.34. The van der Waals surface area contributed by atoms with Gasteiger partial charge in [-0.25, -0.2) is 9.78 Å². The van der Waals surface area contributed by atoms with Crippen LogP contribution in [-0.2, 0) is 16.1 Å². The molecule has 0 fully saturated rings. The zero-order valence-electron chi connectivity index (χ0n) is 19.0. The summed E-state index contributed by atoms with van der Waals surface area (Å²) in [5, 5.41) is 4.26. The standard InChI is InChI=1S/C24H22ClN3O4S2/c1-5-32-24(31)18-12(2)13(3)33-22(18)27-17(29)10-28-11-26-21-20(23(28)30)19(14(4)34-21)15-6-8-16(25)9-7-15/h6-9,11H,5,10H2,1-4H3,(H,27,29). The highest BCUT2D eigenvalue weighted by Gasteiger charge is 2.23. The molecule has 0 bridgehead atoms. The molecule has 3 heterocycles. The molecule has 1 aromatic carbocycles. The van der Waals surface area contributed by atoms with Gasteiger partial charge < -0.3 is 10.1 Å². The van der Waals surface area contributed by atoms with Crippen molar-refractivity contribution in [3.05, 3.63) is 66.9 Å². The number of anilines is 1. The number of aryl methyl sites for hydroxylation is 2. The van der Waals surface area contributed by atoms with E-state index in [1.54, 1.807) is 19.1 Å². The number of ether oxygens (including phenoxy) is 1. The Morgan fingerprint density at radius 1 is 1.12 bits per heavy atom. The molecule has 1 N–H and O–H groups in total. The summed E-state index contributed by atoms with van der Waals surface area (Å²) in [6, 6.07) is 7.26. The van der Waals surface area contributed by atoms with E-state index in [0.29, 0.717) is 25.8 Å². The Labute approximate surface area is 209 Å². The second kappa shape index (κ2) is 9.69. The molecule has 10 heteroatoms. The number of hydrogen-bond acceptors (Lipinski definition) is 7. The number of carbonyl (C=O) groups excluding carboxylic acids is 2. The van der Waals surface area contributed by atoms with Crippen molar-refractivity contribution in [1.29, 1.82) is 0 Å². The van der Waals surface area contributed by atoms with E-state index in [-0.39, 0.29) is 18.7 Å². The molecule has 0 atom stereocenters. The smallest absolute Gasteiger partial charge is 0.341 e. The van der Waals surface area contributed by atoms with Gasteiger partial charge in [-0.2, -0.15) is 0 Å². The minimum atomic E-state index is -0.485. The zero-order valence-corrected chi connectivity index (χ0v) is 21.4. The second-order valence-electron chi connectivity index (χ2n) is 7.65. The van der Waals surface area contributed by atoms with Crippen molar-refractivity contribution in [2.75, 3.05) is 11.9 Å². The summed E-state index contributed by atoms with van der Waals surface area (Å²) < 4.78 is 6.42. The fourth-order valence-corrected chi connectivity index (χ4v) is 5.89. The van der Waals surface area contributed by atoms with E-state index in [9.17, 15) is 14.4 Å². The Morgan fingerprint density at radius 2 is 1.82 bits per heavy atom. The highest BCUT2D eigenvalue weighted by molar-refractivity contribution is 7.19. The average molecular weight is 516 g/mol. The van der Waals surface area contributed by atoms with Crippen LogP contribution in [0.25, 0.3) is 21.3 Å². The minimum Gasteiger partial charge on any atom is -0.462 e. The summed E-state index contributed by atoms with van der Waals surface area (Å²) in [7, 11) is 0. The molecule has 4 aromatic rings. The van der Waals surface area contributed by atoms with Gasteiger partial charge in [-0.3, -0.25) is 14.2 Å². The van der Waals surface area contributed by atoms with Crippen LogP contribution in [0.3, 0.4) is 0 Å². The molecular weight excluding hydrogens is 494 g/mol. The molecule has 0 aliphatic heterocycles. The number of amides is 1. The molecule has 0 aliphatic carbocycles. The van der Waals surface area contributed by atoms with Gasteiger partial charge in [0.2, 0.25) is 5.91 Å². The number of aromatic nitrogens is 2. The summed E-state index contributed by atoms with van der Waals surface area (Å²) in [5.41, 5.74) is 2.45. The lowest BCUT2D eigenvalue weighted by molar-refractivity contribution is -0.116. The number of hydrogen-bond donors (Lipinski definition) is 1. The second-order valence-corrected chi connectivity index (χ2v) is 10.5. The van der Waals surface area contributed by atoms with Crippen molar-refractivity contribution in [3.8, 4) is 11.1 Å². The molecule has 4 rings (SSSR count). The van der Waals surface area contributed by atoms with E-state index < -0.39 is 11.9 Å². The van der Waals surface area contributed by atoms with Crippen molar-refractivity contribution in [2.24, 2.45) is 0 Å². The van der Waals surface area contributed by atoms with E-state index in [0.717, 1.165) is 26.4 Å². The molecule has 1 amide bonds. The quantitative estimate of drug-likeness (QED) is 0.338. The lowest BCUT2D eigenvalue weighted by Gasteiger charge is -2.09. The van der Waals surface area contributed by atoms with Crippen LogP contribution in [0.4, 0.5) is 5.00 Å². The van der Waals surface area contributed by atoms with Gasteiger partial charge in [0.1, 0.15) is 16.4 Å². The first-order valence-corrected chi connectivity index (χ1v) is 12.5. The van der Waals surface area contributed by atoms with Crippen molar-refractivity contribution in [1.82, 2.24) is 9.55 Å². The molecule has 0 aliphatic rings. The van der Waals surface area contributed by atoms with Gasteiger partial charge in [0.05, 0.1) is 23.9 Å². The topological polar surface area (TPSA) is 90.3 Å². The van der Waals surface area contributed by atoms with Crippen LogP contribution in [0.2, 0.25) is 5.02 Å². The normalized spacial score (nSPS) is 11.1. The first-order valence-electron chi connectivity index (χ1n) is 10.5. The Morgan fingerprint density at radius 3 is 2.50 bits per heavy atom. The highest BCUT2D eigenvalue weighted by Crippen LogP contribution is 2.36. The van der Waals surface area contributed by atoms with Gasteiger partial charge in [-0.1, -0.05) is 23.7 Å². The zero-order chi connectivity index (χ0) is 24.6. The van der Waals surface area contributed by atoms with Crippen molar-refractivity contribution >= 4 is 61.4 Å². The van der Waals surface area contributed by atoms with Crippen LogP contribution in [0.5, 0.6) is 0 Å². The van der Waals surface area contributed by atoms with Crippen LogP contribution >= 0.6 is 34.3 Å². The molecule has 0 radical (unpaired) electrons. The number of benzene rings is 1. The van der Waals surface area contributed by atoms with Crippen LogP contribution in [0, 0.1) is 20.8 Å². The number of fused-ring (bicyclic) bond motifs is 1. The predicted octanol–water partition coefficient (Wildman–Crippen LogP) is 5.58. The summed E-state index contributed by atoms with van der Waals surface area (Å²) >= 11 is 8.75. The Bertz CT molecular complexity index is 1470. The Balaban J connectivity index is 1.67. The minimum absolute atomic E-state index is 0.234. The summed E-state index contributed by atoms with van der Waals surface area (Å²) in [5.74, 6) is -0.920. The fraction of sp³-hybridized carbons (Fsp3) is 0.250. The molecule has 0 saturated heterocycles. The average Bonchev–Trinajstić information content (AvgIpc) is 3.26. The molecule has 3 aromatic heterocycles. The Hall–Kier alpha value is -3.01. The maximum Gasteiger partial charge on any atom is 0.341 e. The van der Waals surface area contributed by atoms with Crippen LogP contribution in [0.15, 0.2) is 35.4 Å². The van der Waals surface area contributed by atoms with Crippen molar-refractivity contribution in [3.63, 3.8) is 0 Å². The maximum absolute atomic E-state index is 13.4. The number of nitrogens with zero attached hydrogens (tertiary/aromatic N) is 2. The van der Waals surface area contributed by atoms with Gasteiger partial charge in [-0.05, 0) is 51.0 Å². The monoisotopic (exact) mass is 515 g/mol. The number of rotatable bonds is 6. The number of carbonyl (C=O) groups is 2. The summed E-state index contributed by atoms with van der Waals surface area (Å²) in [6.07, 6.45) is 1.38. The van der Waals surface area contributed by atoms with Gasteiger partial charge >= 0.3 is 5.97 Å². The van der Waals surface area contributed by atoms with Crippen LogP contribution in [0.1, 0.15) is 32.6 Å². The number of nitrogens with one attached hydrogen (secondary N) is 1. The van der Waals surface area contributed by atoms with Gasteiger partial charge in [0.25, 0.3) is 5.56 Å². The van der Waals surface area contributed by atoms with E-state index in [4.69, 9.17) is 16.3 Å². The molecule has 0 spiro atoms. The van der Waals surface area contributed by atoms with E-state index in [1.807, 2.05) is 32.9 Å². The van der Waals surface area contributed by atoms with Crippen molar-refractivity contribution < 1.29 is 14.3 Å². The van der Waals surface area contributed by atoms with E-state index >= 15 is 0 Å². The summed E-state index contributed by atoms with van der Waals surface area (Å²) in [4.78, 5) is 45.5. The third kappa shape index (κ3) is 4.51. The largest absolute Gasteiger partial charge is 0.462 e. The fourth-order valence-electron chi connectivity index (χ4n) is 3.70. The van der Waals surface area contributed by atoms with E-state index in [1.165, 1.54) is 33.6 Å². The van der Waals surface area contributed by atoms with Crippen LogP contribution in [-0.4, -0.2) is 28.0 Å². The first kappa shape index (κ1) is 24.1. The molecule has 0 unspecified atom stereocenters. The van der Waals surface area contributed by atoms with Gasteiger partial charge in [-0.15, -0.1) is 22.7 Å². The molecular formula is C24H22ClN3O4S2. The third-order valence-electron chi connectivity index (χ3n) is 5.42. The van der Waals surface area contributed by atoms with Gasteiger partial charge in [0, 0.05) is 20.3 Å². The molecule has 0 saturated carbocycles. The highest BCUT2D eigenvalue weighted by atomic mass is 35.5. The van der Waals surface area contributed by atoms with Crippen molar-refractivity contribution in [2.45, 2.75) is 34.2 Å². The Kier molecular flexibility index (Phi) is 6.88. The van der Waals surface area contributed by atoms with E-state index in [2.05, 4.69) is 10.3 Å². The SMILES string of the molecule is CCOC(=O)c1c(NC(=O)Cn2cnc3sc(C)c(-c4ccc(Cl)cc4)c3c2=O)sc(C)c1C. The third-order valence-corrected chi connectivity index (χ3v) is 7.81. The lowest BCUT2D eigenvalue weighted by Crippen LogP contribution is -2.28. The molecule has 176 valence electrons.